The number of amides is 2. The van der Waals surface area contributed by atoms with Crippen LogP contribution in [0.1, 0.15) is 35.6 Å². The summed E-state index contributed by atoms with van der Waals surface area (Å²) in [5, 5.41) is 14.0. The van der Waals surface area contributed by atoms with Crippen LogP contribution in [0, 0.1) is 0 Å². The van der Waals surface area contributed by atoms with Crippen LogP contribution in [-0.2, 0) is 17.8 Å². The van der Waals surface area contributed by atoms with Gasteiger partial charge < -0.3 is 19.6 Å². The minimum atomic E-state index is -0.431. The van der Waals surface area contributed by atoms with Gasteiger partial charge in [-0.1, -0.05) is 18.6 Å². The molecule has 1 aliphatic heterocycles. The van der Waals surface area contributed by atoms with Gasteiger partial charge in [0, 0.05) is 24.2 Å². The molecule has 8 heteroatoms. The number of benzene rings is 1. The second-order valence-electron chi connectivity index (χ2n) is 6.69. The number of furan rings is 1. The summed E-state index contributed by atoms with van der Waals surface area (Å²) in [6, 6.07) is 10.6. The van der Waals surface area contributed by atoms with Crippen molar-refractivity contribution in [3.05, 3.63) is 54.2 Å². The summed E-state index contributed by atoms with van der Waals surface area (Å²) in [5.74, 6) is 1.25. The summed E-state index contributed by atoms with van der Waals surface area (Å²) >= 11 is 0. The van der Waals surface area contributed by atoms with Crippen LogP contribution in [0.5, 0.6) is 0 Å². The van der Waals surface area contributed by atoms with E-state index in [1.807, 2.05) is 18.2 Å². The van der Waals surface area contributed by atoms with Crippen LogP contribution in [-0.4, -0.2) is 33.1 Å². The molecule has 2 aromatic heterocycles. The monoisotopic (exact) mass is 379 g/mol. The number of hydrogen-bond acceptors (Lipinski definition) is 5. The quantitative estimate of drug-likeness (QED) is 0.709. The van der Waals surface area contributed by atoms with Gasteiger partial charge in [-0.15, -0.1) is 10.2 Å². The van der Waals surface area contributed by atoms with Crippen LogP contribution < -0.4 is 10.6 Å². The Balaban J connectivity index is 1.42. The molecule has 2 N–H and O–H groups in total. The highest BCUT2D eigenvalue weighted by Crippen LogP contribution is 2.24. The van der Waals surface area contributed by atoms with Gasteiger partial charge in [0.15, 0.2) is 11.6 Å². The lowest BCUT2D eigenvalue weighted by Crippen LogP contribution is -2.32. The van der Waals surface area contributed by atoms with Crippen molar-refractivity contribution in [3.8, 4) is 11.4 Å². The second-order valence-corrected chi connectivity index (χ2v) is 6.69. The zero-order valence-electron chi connectivity index (χ0n) is 15.4. The first-order chi connectivity index (χ1) is 13.7. The van der Waals surface area contributed by atoms with Crippen molar-refractivity contribution < 1.29 is 14.0 Å². The summed E-state index contributed by atoms with van der Waals surface area (Å²) in [6.07, 6.45) is 5.80. The van der Waals surface area contributed by atoms with E-state index in [9.17, 15) is 9.59 Å². The fraction of sp³-hybridized carbons (Fsp3) is 0.300. The van der Waals surface area contributed by atoms with Gasteiger partial charge in [0.05, 0.1) is 12.8 Å². The Kier molecular flexibility index (Phi) is 5.18. The first-order valence-electron chi connectivity index (χ1n) is 9.35. The van der Waals surface area contributed by atoms with Gasteiger partial charge in [0.25, 0.3) is 5.91 Å². The van der Waals surface area contributed by atoms with Crippen molar-refractivity contribution in [1.29, 1.82) is 0 Å². The van der Waals surface area contributed by atoms with Gasteiger partial charge in [-0.05, 0) is 37.1 Å². The molecule has 3 aromatic rings. The molecule has 28 heavy (non-hydrogen) atoms. The van der Waals surface area contributed by atoms with E-state index < -0.39 is 5.91 Å². The Morgan fingerprint density at radius 3 is 2.89 bits per heavy atom. The van der Waals surface area contributed by atoms with E-state index in [2.05, 4.69) is 25.4 Å². The maximum Gasteiger partial charge on any atom is 0.287 e. The summed E-state index contributed by atoms with van der Waals surface area (Å²) in [6.45, 7) is 0.761. The first kappa shape index (κ1) is 18.0. The fourth-order valence-corrected chi connectivity index (χ4v) is 3.30. The number of anilines is 1. The smallest absolute Gasteiger partial charge is 0.287 e. The average molecular weight is 379 g/mol. The zero-order valence-corrected chi connectivity index (χ0v) is 15.4. The lowest BCUT2D eigenvalue weighted by molar-refractivity contribution is -0.115. The molecular formula is C20H21N5O3. The standard InChI is InChI=1S/C20H21N5O3/c26-18(13-21-20(27)16-8-5-11-28-16)22-15-7-4-6-14(12-15)19-24-23-17-9-2-1-3-10-25(17)19/h4-8,11-12H,1-3,9-10,13H2,(H,21,27)(H,22,26). The van der Waals surface area contributed by atoms with E-state index in [4.69, 9.17) is 4.42 Å². The number of aromatic nitrogens is 3. The highest BCUT2D eigenvalue weighted by molar-refractivity contribution is 5.98. The zero-order chi connectivity index (χ0) is 19.3. The van der Waals surface area contributed by atoms with E-state index in [1.165, 1.54) is 18.8 Å². The number of nitrogens with one attached hydrogen (secondary N) is 2. The van der Waals surface area contributed by atoms with Gasteiger partial charge >= 0.3 is 0 Å². The van der Waals surface area contributed by atoms with Crippen LogP contribution in [0.2, 0.25) is 0 Å². The van der Waals surface area contributed by atoms with Gasteiger partial charge in [-0.3, -0.25) is 9.59 Å². The van der Waals surface area contributed by atoms with Crippen molar-refractivity contribution >= 4 is 17.5 Å². The fourth-order valence-electron chi connectivity index (χ4n) is 3.30. The van der Waals surface area contributed by atoms with E-state index in [0.29, 0.717) is 5.69 Å². The lowest BCUT2D eigenvalue weighted by atomic mass is 10.2. The van der Waals surface area contributed by atoms with Crippen LogP contribution in [0.15, 0.2) is 47.1 Å². The Hall–Kier alpha value is -3.42. The van der Waals surface area contributed by atoms with Crippen LogP contribution >= 0.6 is 0 Å². The molecule has 0 radical (unpaired) electrons. The molecule has 0 spiro atoms. The Morgan fingerprint density at radius 2 is 2.04 bits per heavy atom. The van der Waals surface area contributed by atoms with Gasteiger partial charge in [0.1, 0.15) is 5.82 Å². The van der Waals surface area contributed by atoms with Crippen LogP contribution in [0.4, 0.5) is 5.69 Å². The largest absolute Gasteiger partial charge is 0.459 e. The summed E-state index contributed by atoms with van der Waals surface area (Å²) in [4.78, 5) is 24.0. The number of hydrogen-bond donors (Lipinski definition) is 2. The number of nitrogens with zero attached hydrogens (tertiary/aromatic N) is 3. The third kappa shape index (κ3) is 3.95. The van der Waals surface area contributed by atoms with E-state index >= 15 is 0 Å². The molecule has 0 fully saturated rings. The first-order valence-corrected chi connectivity index (χ1v) is 9.35. The van der Waals surface area contributed by atoms with Gasteiger partial charge in [-0.2, -0.15) is 0 Å². The molecule has 1 aromatic carbocycles. The van der Waals surface area contributed by atoms with Crippen molar-refractivity contribution in [1.82, 2.24) is 20.1 Å². The summed E-state index contributed by atoms with van der Waals surface area (Å²) < 4.78 is 7.16. The maximum atomic E-state index is 12.2. The summed E-state index contributed by atoms with van der Waals surface area (Å²) in [7, 11) is 0. The van der Waals surface area contributed by atoms with Crippen molar-refractivity contribution in [2.45, 2.75) is 32.2 Å². The topological polar surface area (TPSA) is 102 Å². The highest BCUT2D eigenvalue weighted by Gasteiger charge is 2.16. The predicted octanol–water partition coefficient (Wildman–Crippen LogP) is 2.63. The van der Waals surface area contributed by atoms with Crippen molar-refractivity contribution in [2.24, 2.45) is 0 Å². The van der Waals surface area contributed by atoms with E-state index in [0.717, 1.165) is 43.0 Å². The molecule has 0 saturated carbocycles. The molecule has 0 saturated heterocycles. The highest BCUT2D eigenvalue weighted by atomic mass is 16.3. The van der Waals surface area contributed by atoms with Gasteiger partial charge in [-0.25, -0.2) is 0 Å². The molecule has 0 bridgehead atoms. The molecule has 3 heterocycles. The molecule has 0 atom stereocenters. The number of rotatable bonds is 5. The SMILES string of the molecule is O=C(CNC(=O)c1ccco1)Nc1cccc(-c2nnc3n2CCCCC3)c1. The van der Waals surface area contributed by atoms with E-state index in [1.54, 1.807) is 12.1 Å². The third-order valence-electron chi connectivity index (χ3n) is 4.67. The normalized spacial score (nSPS) is 13.4. The minimum absolute atomic E-state index is 0.149. The molecule has 8 nitrogen and oxygen atoms in total. The Morgan fingerprint density at radius 1 is 1.11 bits per heavy atom. The maximum absolute atomic E-state index is 12.2. The molecule has 0 aliphatic carbocycles. The molecule has 1 aliphatic rings. The summed E-state index contributed by atoms with van der Waals surface area (Å²) in [5.41, 5.74) is 1.54. The minimum Gasteiger partial charge on any atom is -0.459 e. The molecule has 0 unspecified atom stereocenters. The molecular weight excluding hydrogens is 358 g/mol. The van der Waals surface area contributed by atoms with Gasteiger partial charge in [0.2, 0.25) is 5.91 Å². The third-order valence-corrected chi connectivity index (χ3v) is 4.67. The predicted molar refractivity (Wildman–Crippen MR) is 103 cm³/mol. The Bertz CT molecular complexity index is 978. The number of carbonyl (C=O) groups excluding carboxylic acids is 2. The molecule has 2 amide bonds. The second kappa shape index (κ2) is 8.08. The van der Waals surface area contributed by atoms with Crippen LogP contribution in [0.3, 0.4) is 0 Å². The number of carbonyl (C=O) groups is 2. The Labute approximate surface area is 162 Å². The molecule has 4 rings (SSSR count). The number of aryl methyl sites for hydroxylation is 1. The van der Waals surface area contributed by atoms with Crippen molar-refractivity contribution in [2.75, 3.05) is 11.9 Å². The van der Waals surface area contributed by atoms with Crippen molar-refractivity contribution in [3.63, 3.8) is 0 Å². The van der Waals surface area contributed by atoms with Crippen LogP contribution in [0.25, 0.3) is 11.4 Å². The lowest BCUT2D eigenvalue weighted by Gasteiger charge is -2.10. The molecule has 144 valence electrons. The average Bonchev–Trinajstić information content (AvgIpc) is 3.32. The number of fused-ring (bicyclic) bond motifs is 1. The van der Waals surface area contributed by atoms with E-state index in [-0.39, 0.29) is 18.2 Å².